The lowest BCUT2D eigenvalue weighted by atomic mass is 10.2. The van der Waals surface area contributed by atoms with Crippen molar-refractivity contribution >= 4 is 23.5 Å². The van der Waals surface area contributed by atoms with Gasteiger partial charge in [0.2, 0.25) is 0 Å². The number of hydrogen-bond acceptors (Lipinski definition) is 2. The molecule has 0 aromatic heterocycles. The normalized spacial score (nSPS) is 11.2. The molecule has 0 aliphatic heterocycles. The molecule has 2 aromatic carbocycles. The molecule has 0 aliphatic rings. The number of carbonyl (C=O) groups is 1. The van der Waals surface area contributed by atoms with Crippen LogP contribution in [-0.4, -0.2) is 44.0 Å². The second-order valence-corrected chi connectivity index (χ2v) is 6.10. The molecule has 7 heteroatoms. The first-order valence-electron chi connectivity index (χ1n) is 8.20. The van der Waals surface area contributed by atoms with Crippen LogP contribution >= 0.6 is 11.6 Å². The quantitative estimate of drug-likeness (QED) is 0.463. The standard InChI is InChI=1S/C19H22ClFN4O/c1-22-19(25(2)13-14-7-9-15(21)10-8-14)24-12-11-23-18(26)16-5-3-4-6-17(16)20/h3-10H,11-13H2,1-2H3,(H,22,24)(H,23,26). The van der Waals surface area contributed by atoms with E-state index in [1.54, 1.807) is 43.4 Å². The van der Waals surface area contributed by atoms with E-state index >= 15 is 0 Å². The highest BCUT2D eigenvalue weighted by molar-refractivity contribution is 6.33. The largest absolute Gasteiger partial charge is 0.354 e. The molecular weight excluding hydrogens is 355 g/mol. The number of benzene rings is 2. The van der Waals surface area contributed by atoms with E-state index in [1.807, 2.05) is 11.9 Å². The summed E-state index contributed by atoms with van der Waals surface area (Å²) in [6.07, 6.45) is 0. The van der Waals surface area contributed by atoms with Gasteiger partial charge in [-0.25, -0.2) is 4.39 Å². The third-order valence-corrected chi connectivity index (χ3v) is 4.05. The van der Waals surface area contributed by atoms with Crippen molar-refractivity contribution in [3.8, 4) is 0 Å². The van der Waals surface area contributed by atoms with Crippen molar-refractivity contribution in [2.75, 3.05) is 27.2 Å². The summed E-state index contributed by atoms with van der Waals surface area (Å²) < 4.78 is 13.0. The highest BCUT2D eigenvalue weighted by Gasteiger charge is 2.09. The van der Waals surface area contributed by atoms with Crippen LogP contribution in [0.2, 0.25) is 5.02 Å². The molecule has 0 saturated heterocycles. The van der Waals surface area contributed by atoms with Gasteiger partial charge in [-0.3, -0.25) is 9.79 Å². The Morgan fingerprint density at radius 3 is 2.42 bits per heavy atom. The molecule has 0 radical (unpaired) electrons. The van der Waals surface area contributed by atoms with Gasteiger partial charge in [0.05, 0.1) is 10.6 Å². The van der Waals surface area contributed by atoms with Crippen LogP contribution in [0.3, 0.4) is 0 Å². The molecule has 0 spiro atoms. The Balaban J connectivity index is 1.78. The lowest BCUT2D eigenvalue weighted by molar-refractivity contribution is 0.0954. The topological polar surface area (TPSA) is 56.7 Å². The van der Waals surface area contributed by atoms with Crippen LogP contribution in [0, 0.1) is 5.82 Å². The van der Waals surface area contributed by atoms with E-state index in [0.29, 0.717) is 36.2 Å². The van der Waals surface area contributed by atoms with Gasteiger partial charge >= 0.3 is 0 Å². The van der Waals surface area contributed by atoms with Crippen molar-refractivity contribution in [1.29, 1.82) is 0 Å². The molecule has 26 heavy (non-hydrogen) atoms. The highest BCUT2D eigenvalue weighted by Crippen LogP contribution is 2.14. The van der Waals surface area contributed by atoms with Gasteiger partial charge < -0.3 is 15.5 Å². The minimum atomic E-state index is -0.256. The molecule has 0 bridgehead atoms. The predicted molar refractivity (Wildman–Crippen MR) is 103 cm³/mol. The number of hydrogen-bond donors (Lipinski definition) is 2. The van der Waals surface area contributed by atoms with Gasteiger partial charge in [-0.05, 0) is 29.8 Å². The van der Waals surface area contributed by atoms with Crippen molar-refractivity contribution < 1.29 is 9.18 Å². The molecule has 2 aromatic rings. The fourth-order valence-electron chi connectivity index (χ4n) is 2.41. The summed E-state index contributed by atoms with van der Waals surface area (Å²) >= 11 is 6.01. The minimum absolute atomic E-state index is 0.216. The lowest BCUT2D eigenvalue weighted by Gasteiger charge is -2.22. The molecule has 138 valence electrons. The van der Waals surface area contributed by atoms with Gasteiger partial charge in [-0.1, -0.05) is 35.9 Å². The van der Waals surface area contributed by atoms with Crippen LogP contribution < -0.4 is 10.6 Å². The first kappa shape index (κ1) is 19.7. The summed E-state index contributed by atoms with van der Waals surface area (Å²) in [7, 11) is 3.58. The lowest BCUT2D eigenvalue weighted by Crippen LogP contribution is -2.42. The number of nitrogens with zero attached hydrogens (tertiary/aromatic N) is 2. The molecule has 2 rings (SSSR count). The van der Waals surface area contributed by atoms with Crippen LogP contribution in [0.4, 0.5) is 4.39 Å². The fraction of sp³-hybridized carbons (Fsp3) is 0.263. The zero-order valence-corrected chi connectivity index (χ0v) is 15.6. The van der Waals surface area contributed by atoms with Gasteiger partial charge in [-0.2, -0.15) is 0 Å². The zero-order chi connectivity index (χ0) is 18.9. The monoisotopic (exact) mass is 376 g/mol. The third-order valence-electron chi connectivity index (χ3n) is 3.72. The summed E-state index contributed by atoms with van der Waals surface area (Å²) in [6, 6.07) is 13.3. The first-order valence-corrected chi connectivity index (χ1v) is 8.58. The van der Waals surface area contributed by atoms with E-state index in [-0.39, 0.29) is 11.7 Å². The van der Waals surface area contributed by atoms with Gasteiger partial charge in [0, 0.05) is 33.7 Å². The summed E-state index contributed by atoms with van der Waals surface area (Å²) in [4.78, 5) is 18.2. The van der Waals surface area contributed by atoms with E-state index in [9.17, 15) is 9.18 Å². The number of amides is 1. The Bertz CT molecular complexity index is 764. The van der Waals surface area contributed by atoms with Crippen LogP contribution in [0.15, 0.2) is 53.5 Å². The average molecular weight is 377 g/mol. The average Bonchev–Trinajstić information content (AvgIpc) is 2.63. The molecular formula is C19H22ClFN4O. The van der Waals surface area contributed by atoms with E-state index in [0.717, 1.165) is 5.56 Å². The molecule has 0 heterocycles. The fourth-order valence-corrected chi connectivity index (χ4v) is 2.64. The molecule has 0 atom stereocenters. The first-order chi connectivity index (χ1) is 12.5. The summed E-state index contributed by atoms with van der Waals surface area (Å²) in [5.74, 6) is 0.210. The van der Waals surface area contributed by atoms with Crippen LogP contribution in [0.5, 0.6) is 0 Å². The van der Waals surface area contributed by atoms with Crippen molar-refractivity contribution in [3.63, 3.8) is 0 Å². The highest BCUT2D eigenvalue weighted by atomic mass is 35.5. The van der Waals surface area contributed by atoms with Crippen molar-refractivity contribution in [1.82, 2.24) is 15.5 Å². The molecule has 0 fully saturated rings. The maximum atomic E-state index is 13.0. The Kier molecular flexibility index (Phi) is 7.41. The number of carbonyl (C=O) groups excluding carboxylic acids is 1. The number of guanidine groups is 1. The van der Waals surface area contributed by atoms with Gasteiger partial charge in [0.25, 0.3) is 5.91 Å². The Morgan fingerprint density at radius 2 is 1.77 bits per heavy atom. The summed E-state index contributed by atoms with van der Waals surface area (Å²) in [5.41, 5.74) is 1.43. The summed E-state index contributed by atoms with van der Waals surface area (Å²) in [5, 5.41) is 6.41. The van der Waals surface area contributed by atoms with Crippen LogP contribution in [0.1, 0.15) is 15.9 Å². The predicted octanol–water partition coefficient (Wildman–Crippen LogP) is 2.92. The van der Waals surface area contributed by atoms with Crippen LogP contribution in [0.25, 0.3) is 0 Å². The van der Waals surface area contributed by atoms with E-state index in [2.05, 4.69) is 15.6 Å². The van der Waals surface area contributed by atoms with Crippen molar-refractivity contribution in [3.05, 3.63) is 70.5 Å². The molecule has 0 saturated carbocycles. The van der Waals surface area contributed by atoms with Crippen LogP contribution in [-0.2, 0) is 6.54 Å². The van der Waals surface area contributed by atoms with Gasteiger partial charge in [-0.15, -0.1) is 0 Å². The Hall–Kier alpha value is -2.60. The van der Waals surface area contributed by atoms with Gasteiger partial charge in [0.1, 0.15) is 5.82 Å². The molecule has 0 aliphatic carbocycles. The molecule has 0 unspecified atom stereocenters. The van der Waals surface area contributed by atoms with Crippen molar-refractivity contribution in [2.24, 2.45) is 4.99 Å². The Labute approximate surface area is 157 Å². The Morgan fingerprint density at radius 1 is 1.12 bits per heavy atom. The smallest absolute Gasteiger partial charge is 0.252 e. The SMILES string of the molecule is CN=C(NCCNC(=O)c1ccccc1Cl)N(C)Cc1ccc(F)cc1. The van der Waals surface area contributed by atoms with E-state index in [4.69, 9.17) is 11.6 Å². The second-order valence-electron chi connectivity index (χ2n) is 5.69. The molecule has 2 N–H and O–H groups in total. The van der Waals surface area contributed by atoms with E-state index in [1.165, 1.54) is 12.1 Å². The van der Waals surface area contributed by atoms with E-state index < -0.39 is 0 Å². The molecule has 1 amide bonds. The maximum Gasteiger partial charge on any atom is 0.252 e. The number of halogens is 2. The second kappa shape index (κ2) is 9.77. The summed E-state index contributed by atoms with van der Waals surface area (Å²) in [6.45, 7) is 1.52. The van der Waals surface area contributed by atoms with Gasteiger partial charge in [0.15, 0.2) is 5.96 Å². The third kappa shape index (κ3) is 5.74. The minimum Gasteiger partial charge on any atom is -0.354 e. The maximum absolute atomic E-state index is 13.0. The number of rotatable bonds is 6. The zero-order valence-electron chi connectivity index (χ0n) is 14.8. The molecule has 5 nitrogen and oxygen atoms in total. The van der Waals surface area contributed by atoms with Crippen molar-refractivity contribution in [2.45, 2.75) is 6.54 Å². The number of nitrogens with one attached hydrogen (secondary N) is 2. The number of aliphatic imine (C=N–C) groups is 1.